The number of carbonyl (C=O) groups is 5. The Labute approximate surface area is 574 Å². The fourth-order valence-electron chi connectivity index (χ4n) is 11.8. The van der Waals surface area contributed by atoms with E-state index in [4.69, 9.17) is 39.9 Å². The topological polar surface area (TPSA) is 288 Å². The minimum absolute atomic E-state index is 0.0463. The number of anilines is 3. The molecule has 3 atom stereocenters. The summed E-state index contributed by atoms with van der Waals surface area (Å²) in [5, 5.41) is 9.16. The number of ketones is 1. The maximum absolute atomic E-state index is 15.4. The molecule has 6 aromatic carbocycles. The summed E-state index contributed by atoms with van der Waals surface area (Å²) in [6.45, 7) is 10.9. The van der Waals surface area contributed by atoms with Crippen LogP contribution in [-0.2, 0) is 31.0 Å². The van der Waals surface area contributed by atoms with Crippen molar-refractivity contribution in [3.63, 3.8) is 0 Å². The number of methoxy groups -OCH3 is 1. The molecule has 5 heterocycles. The molecule has 1 aliphatic carbocycles. The van der Waals surface area contributed by atoms with E-state index < -0.39 is 58.2 Å². The third-order valence-corrected chi connectivity index (χ3v) is 17.7. The molecule has 0 spiro atoms. The molecule has 3 aromatic heterocycles. The lowest BCUT2D eigenvalue weighted by Crippen LogP contribution is -2.48. The van der Waals surface area contributed by atoms with Crippen LogP contribution in [0.5, 0.6) is 40.2 Å². The number of nitrogens with two attached hydrogens (primary N) is 2. The van der Waals surface area contributed by atoms with Crippen molar-refractivity contribution in [3.8, 4) is 45.9 Å². The zero-order valence-corrected chi connectivity index (χ0v) is 55.9. The van der Waals surface area contributed by atoms with Gasteiger partial charge < -0.3 is 60.7 Å². The van der Waals surface area contributed by atoms with Gasteiger partial charge in [0.25, 0.3) is 11.5 Å². The lowest BCUT2D eigenvalue weighted by molar-refractivity contribution is -0.149. The monoisotopic (exact) mass is 1370 g/mol. The lowest BCUT2D eigenvalue weighted by Gasteiger charge is -2.39. The minimum atomic E-state index is -1.27. The quantitative estimate of drug-likeness (QED) is 0.0182. The summed E-state index contributed by atoms with van der Waals surface area (Å²) >= 11 is 0. The number of esters is 1. The number of likely N-dealkylation sites (tertiary alicyclic amines) is 2. The van der Waals surface area contributed by atoms with Gasteiger partial charge in [0.15, 0.2) is 34.6 Å². The summed E-state index contributed by atoms with van der Waals surface area (Å²) in [5.41, 5.74) is 12.4. The molecule has 2 aliphatic heterocycles. The van der Waals surface area contributed by atoms with Gasteiger partial charge in [0, 0.05) is 117 Å². The van der Waals surface area contributed by atoms with Crippen LogP contribution in [0.2, 0.25) is 0 Å². The third-order valence-electron chi connectivity index (χ3n) is 17.7. The largest absolute Gasteiger partial charge is 0.493 e. The van der Waals surface area contributed by atoms with Crippen LogP contribution in [0.15, 0.2) is 151 Å². The van der Waals surface area contributed by atoms with E-state index in [0.717, 1.165) is 64.1 Å². The van der Waals surface area contributed by atoms with E-state index in [2.05, 4.69) is 35.7 Å². The Kier molecular flexibility index (Phi) is 22.2. The van der Waals surface area contributed by atoms with Crippen LogP contribution < -0.4 is 56.7 Å². The van der Waals surface area contributed by atoms with Gasteiger partial charge in [0.2, 0.25) is 11.8 Å². The highest BCUT2D eigenvalue weighted by Crippen LogP contribution is 2.48. The van der Waals surface area contributed by atoms with Crippen LogP contribution in [0.4, 0.5) is 30.2 Å². The van der Waals surface area contributed by atoms with Gasteiger partial charge in [0.05, 0.1) is 48.8 Å². The zero-order valence-electron chi connectivity index (χ0n) is 55.9. The van der Waals surface area contributed by atoms with Gasteiger partial charge >= 0.3 is 5.97 Å². The molecule has 0 radical (unpaired) electrons. The first-order chi connectivity index (χ1) is 48.1. The molecule has 26 heteroatoms. The fourth-order valence-corrected chi connectivity index (χ4v) is 11.8. The Morgan fingerprint density at radius 3 is 1.86 bits per heavy atom. The van der Waals surface area contributed by atoms with Crippen molar-refractivity contribution in [2.24, 2.45) is 29.8 Å². The number of halogens is 3. The molecular weight excluding hydrogens is 1290 g/mol. The number of aromatic nitrogens is 4. The first-order valence-corrected chi connectivity index (χ1v) is 32.9. The molecule has 12 rings (SSSR count). The summed E-state index contributed by atoms with van der Waals surface area (Å²) in [5.74, 6) is -1.25. The highest BCUT2D eigenvalue weighted by molar-refractivity contribution is 6.17. The lowest BCUT2D eigenvalue weighted by atomic mass is 9.92. The Morgan fingerprint density at radius 1 is 0.640 bits per heavy atom. The number of pyridine rings is 2. The van der Waals surface area contributed by atoms with Gasteiger partial charge in [0.1, 0.15) is 52.0 Å². The molecule has 3 amide bonds. The highest BCUT2D eigenvalue weighted by Gasteiger charge is 2.56. The smallest absolute Gasteiger partial charge is 0.322 e. The van der Waals surface area contributed by atoms with E-state index in [-0.39, 0.29) is 46.3 Å². The molecular formula is C74H78F3N11O12. The van der Waals surface area contributed by atoms with Crippen molar-refractivity contribution in [2.45, 2.75) is 77.5 Å². The van der Waals surface area contributed by atoms with Crippen LogP contribution in [0, 0.1) is 35.7 Å². The first kappa shape index (κ1) is 70.6. The molecule has 100 heavy (non-hydrogen) atoms. The molecule has 0 bridgehead atoms. The summed E-state index contributed by atoms with van der Waals surface area (Å²) in [4.78, 5) is 89.3. The normalized spacial score (nSPS) is 15.5. The van der Waals surface area contributed by atoms with E-state index in [1.165, 1.54) is 60.3 Å². The Bertz CT molecular complexity index is 4540. The molecule has 1 saturated carbocycles. The number of carbonyl (C=O) groups excluding carboxylic acids is 5. The van der Waals surface area contributed by atoms with Gasteiger partial charge in [-0.05, 0) is 150 Å². The molecule has 522 valence electrons. The summed E-state index contributed by atoms with van der Waals surface area (Å²) in [6, 6.07) is 33.4. The van der Waals surface area contributed by atoms with E-state index in [0.29, 0.717) is 113 Å². The molecule has 1 unspecified atom stereocenters. The number of ether oxygens (including phenoxy) is 6. The van der Waals surface area contributed by atoms with Gasteiger partial charge in [-0.15, -0.1) is 0 Å². The van der Waals surface area contributed by atoms with Crippen LogP contribution >= 0.6 is 0 Å². The van der Waals surface area contributed by atoms with Crippen LogP contribution in [0.3, 0.4) is 0 Å². The number of nitrogens with one attached hydrogen (secondary N) is 3. The number of nitrogens with zero attached hydrogens (tertiary/aromatic N) is 6. The zero-order chi connectivity index (χ0) is 70.8. The summed E-state index contributed by atoms with van der Waals surface area (Å²) in [7, 11) is 3.22. The maximum Gasteiger partial charge on any atom is 0.322 e. The highest BCUT2D eigenvalue weighted by atomic mass is 19.1. The van der Waals surface area contributed by atoms with Crippen molar-refractivity contribution in [1.82, 2.24) is 29.1 Å². The molecule has 3 fully saturated rings. The predicted molar refractivity (Wildman–Crippen MR) is 370 cm³/mol. The predicted octanol–water partition coefficient (Wildman–Crippen LogP) is 10.6. The number of amides is 3. The second kappa shape index (κ2) is 31.5. The number of benzene rings is 6. The van der Waals surface area contributed by atoms with Gasteiger partial charge in [-0.3, -0.25) is 48.3 Å². The number of rotatable bonds is 27. The maximum atomic E-state index is 15.4. The standard InChI is InChI=1S/C38H41FN6O7.C36H37F2N5O5/c1-23(40)38(48)51-27-14-17-44(22-27)16-8-18-50-34-21-30-28(20-33(34)49-4)31(13-15-41-30)52-32-12-11-25(19-29(32)39)42-36(46)35-24(2)43(3)45(37(35)47)26-9-6-5-7-10-26;1-22(39)31(44)17-23-20-43(21-23)15-2-16-47-27-8-9-28-30(19-27)40-14-11-32(28)48-33-10-7-26(18-29(33)38)42-35(46)36(12-13-36)34(45)41-25-5-3-24(37)4-6-25/h5-7,9-13,15,19-21,23,27H,8,14,16-18,22,40H2,1-4H3,(H,42,46);3-11,14,18-19,22-23H,2,12-13,15-17,20-21,39H2,1H3,(H,41,45)(H,42,46)/t23-,27?;22-/m01/s1. The average molecular weight is 1370 g/mol. The number of fused-ring (bicyclic) bond motifs is 2. The van der Waals surface area contributed by atoms with Crippen LogP contribution in [0.25, 0.3) is 27.5 Å². The third kappa shape index (κ3) is 16.9. The second-order valence-corrected chi connectivity index (χ2v) is 25.1. The summed E-state index contributed by atoms with van der Waals surface area (Å²) < 4.78 is 81.7. The minimum Gasteiger partial charge on any atom is -0.493 e. The number of hydrogen-bond donors (Lipinski definition) is 5. The molecule has 23 nitrogen and oxygen atoms in total. The number of para-hydroxylation sites is 1. The second-order valence-electron chi connectivity index (χ2n) is 25.1. The Hall–Kier alpha value is -10.7. The van der Waals surface area contributed by atoms with E-state index in [1.54, 1.807) is 106 Å². The number of Topliss-reactive ketones (excluding diaryl/α,β-unsaturated/α-hetero) is 1. The molecule has 9 aromatic rings. The van der Waals surface area contributed by atoms with Crippen molar-refractivity contribution >= 4 is 68.3 Å². The molecule has 2 saturated heterocycles. The van der Waals surface area contributed by atoms with Crippen molar-refractivity contribution in [1.29, 1.82) is 0 Å². The fraction of sp³-hybridized carbons (Fsp3) is 0.324. The van der Waals surface area contributed by atoms with Gasteiger partial charge in [-0.2, -0.15) is 0 Å². The Morgan fingerprint density at radius 2 is 1.24 bits per heavy atom. The van der Waals surface area contributed by atoms with Crippen molar-refractivity contribution in [2.75, 3.05) is 75.5 Å². The van der Waals surface area contributed by atoms with Crippen LogP contribution in [0.1, 0.15) is 68.4 Å². The van der Waals surface area contributed by atoms with E-state index in [1.807, 2.05) is 12.1 Å². The Balaban J connectivity index is 0.000000202. The molecule has 7 N–H and O–H groups in total. The first-order valence-electron chi connectivity index (χ1n) is 32.9. The van der Waals surface area contributed by atoms with Crippen molar-refractivity contribution < 1.29 is 65.6 Å². The number of hydrogen-bond acceptors (Lipinski definition) is 18. The van der Waals surface area contributed by atoms with Crippen LogP contribution in [-0.4, -0.2) is 136 Å². The summed E-state index contributed by atoms with van der Waals surface area (Å²) in [6.07, 6.45) is 6.53. The van der Waals surface area contributed by atoms with Gasteiger partial charge in [-0.1, -0.05) is 18.2 Å². The van der Waals surface area contributed by atoms with Crippen molar-refractivity contribution in [3.05, 3.63) is 185 Å². The van der Waals surface area contributed by atoms with E-state index in [9.17, 15) is 33.2 Å². The van der Waals surface area contributed by atoms with Gasteiger partial charge in [-0.25, -0.2) is 17.9 Å². The van der Waals surface area contributed by atoms with E-state index >= 15 is 8.78 Å². The molecule has 3 aliphatic rings. The SMILES string of the molecule is COc1cc2c(Oc3ccc(NC(=O)c4c(C)n(C)n(-c5ccccc5)c4=O)cc3F)ccnc2cc1OCCCN1CCC(OC(=O)[C@H](C)N)C1.C[C@@H](N)C(=O)CC1CN(CCCOc2ccc3c(Oc4ccc(NC(=O)C5(C(=O)Nc6ccc(F)cc6)CC5)cc4F)ccnc3c2)C1. The average Bonchev–Trinajstić information content (AvgIpc) is 1.59.